The van der Waals surface area contributed by atoms with Crippen molar-refractivity contribution in [3.8, 4) is 5.75 Å². The Morgan fingerprint density at radius 2 is 1.86 bits per heavy atom. The Bertz CT molecular complexity index is 1140. The largest absolute Gasteiger partial charge is 0.497 e. The van der Waals surface area contributed by atoms with Crippen LogP contribution in [0, 0.1) is 0 Å². The van der Waals surface area contributed by atoms with Crippen molar-refractivity contribution in [2.24, 2.45) is 5.16 Å². The Labute approximate surface area is 202 Å². The van der Waals surface area contributed by atoms with Gasteiger partial charge in [-0.25, -0.2) is 9.59 Å². The molecule has 35 heavy (non-hydrogen) atoms. The van der Waals surface area contributed by atoms with E-state index in [4.69, 9.17) is 20.0 Å². The van der Waals surface area contributed by atoms with E-state index in [1.165, 1.54) is 10.8 Å². The highest BCUT2D eigenvalue weighted by Gasteiger charge is 2.24. The molecule has 0 aliphatic heterocycles. The zero-order chi connectivity index (χ0) is 25.8. The zero-order valence-corrected chi connectivity index (χ0v) is 20.1. The Balaban J connectivity index is 2.01. The van der Waals surface area contributed by atoms with Crippen molar-refractivity contribution in [2.45, 2.75) is 39.7 Å². The lowest BCUT2D eigenvalue weighted by Crippen LogP contribution is -2.43. The van der Waals surface area contributed by atoms with Gasteiger partial charge in [0.25, 0.3) is 11.5 Å². The summed E-state index contributed by atoms with van der Waals surface area (Å²) in [6.45, 7) is 3.04. The number of anilines is 2. The summed E-state index contributed by atoms with van der Waals surface area (Å²) < 4.78 is 11.2. The van der Waals surface area contributed by atoms with E-state index in [0.717, 1.165) is 16.9 Å². The van der Waals surface area contributed by atoms with Crippen LogP contribution in [0.1, 0.15) is 38.7 Å². The van der Waals surface area contributed by atoms with Crippen LogP contribution in [-0.2, 0) is 25.7 Å². The van der Waals surface area contributed by atoms with Gasteiger partial charge in [0.05, 0.1) is 13.3 Å². The number of methoxy groups -OCH3 is 1. The number of nitrogens with one attached hydrogen (secondary N) is 1. The highest BCUT2D eigenvalue weighted by atomic mass is 16.7. The van der Waals surface area contributed by atoms with E-state index in [2.05, 4.69) is 10.1 Å². The highest BCUT2D eigenvalue weighted by Crippen LogP contribution is 2.18. The van der Waals surface area contributed by atoms with E-state index in [1.807, 2.05) is 13.8 Å². The number of aromatic amines is 1. The number of amides is 1. The molecule has 1 aromatic heterocycles. The molecule has 0 aliphatic carbocycles. The van der Waals surface area contributed by atoms with Gasteiger partial charge in [0.15, 0.2) is 12.3 Å². The number of carbonyl (C=O) groups excluding carboxylic acids is 2. The van der Waals surface area contributed by atoms with Crippen molar-refractivity contribution in [1.82, 2.24) is 9.55 Å². The summed E-state index contributed by atoms with van der Waals surface area (Å²) in [6, 6.07) is 7.00. The lowest BCUT2D eigenvalue weighted by Gasteiger charge is -2.24. The summed E-state index contributed by atoms with van der Waals surface area (Å²) in [6.07, 6.45) is 3.30. The first-order valence-corrected chi connectivity index (χ1v) is 11.2. The molecule has 1 amide bonds. The first-order chi connectivity index (χ1) is 16.8. The summed E-state index contributed by atoms with van der Waals surface area (Å²) in [7, 11) is 1.56. The molecule has 0 bridgehead atoms. The van der Waals surface area contributed by atoms with Crippen molar-refractivity contribution < 1.29 is 23.9 Å². The summed E-state index contributed by atoms with van der Waals surface area (Å²) in [5, 5.41) is 3.69. The number of nitrogens with two attached hydrogens (primary N) is 1. The quantitative estimate of drug-likeness (QED) is 0.242. The Morgan fingerprint density at radius 1 is 1.14 bits per heavy atom. The number of hydrogen-bond acceptors (Lipinski definition) is 9. The van der Waals surface area contributed by atoms with Gasteiger partial charge in [-0.3, -0.25) is 19.1 Å². The van der Waals surface area contributed by atoms with Gasteiger partial charge < -0.3 is 24.9 Å². The second-order valence-corrected chi connectivity index (χ2v) is 7.49. The number of carbonyl (C=O) groups is 2. The second-order valence-electron chi connectivity index (χ2n) is 7.49. The standard InChI is InChI=1S/C23H31N5O7/c1-4-6-12-27(20-21(24)28(11-5-2)23(32)26-22(20)31)18(29)14-34-19(30)15-35-25-13-16-7-9-17(33-3)10-8-16/h7-10,13H,4-6,11-12,14-15,24H2,1-3H3,(H,26,31,32)/b25-13+. The molecule has 0 saturated heterocycles. The summed E-state index contributed by atoms with van der Waals surface area (Å²) >= 11 is 0. The van der Waals surface area contributed by atoms with Crippen molar-refractivity contribution >= 4 is 29.6 Å². The monoisotopic (exact) mass is 489 g/mol. The van der Waals surface area contributed by atoms with Crippen LogP contribution < -0.4 is 26.6 Å². The number of benzene rings is 1. The van der Waals surface area contributed by atoms with Gasteiger partial charge in [-0.1, -0.05) is 25.4 Å². The van der Waals surface area contributed by atoms with Gasteiger partial charge in [0, 0.05) is 13.1 Å². The number of hydrogen-bond donors (Lipinski definition) is 2. The predicted molar refractivity (Wildman–Crippen MR) is 131 cm³/mol. The fourth-order valence-corrected chi connectivity index (χ4v) is 3.10. The van der Waals surface area contributed by atoms with Gasteiger partial charge >= 0.3 is 11.7 Å². The molecule has 12 heteroatoms. The molecule has 0 spiro atoms. The SMILES string of the molecule is CCCCN(C(=O)COC(=O)CO/N=C/c1ccc(OC)cc1)c1c(N)n(CCC)c(=O)[nH]c1=O. The molecule has 3 N–H and O–H groups in total. The summed E-state index contributed by atoms with van der Waals surface area (Å²) in [5.41, 5.74) is 5.23. The smallest absolute Gasteiger partial charge is 0.347 e. The third-order valence-corrected chi connectivity index (χ3v) is 4.90. The fourth-order valence-electron chi connectivity index (χ4n) is 3.10. The molecule has 0 radical (unpaired) electrons. The minimum atomic E-state index is -0.821. The minimum Gasteiger partial charge on any atom is -0.497 e. The molecule has 0 saturated carbocycles. The van der Waals surface area contributed by atoms with Crippen molar-refractivity contribution in [1.29, 1.82) is 0 Å². The van der Waals surface area contributed by atoms with Crippen LogP contribution in [0.3, 0.4) is 0 Å². The van der Waals surface area contributed by atoms with E-state index in [1.54, 1.807) is 31.4 Å². The molecule has 1 heterocycles. The predicted octanol–water partition coefficient (Wildman–Crippen LogP) is 1.26. The first kappa shape index (κ1) is 27.2. The number of rotatable bonds is 13. The van der Waals surface area contributed by atoms with Gasteiger partial charge in [0.2, 0.25) is 6.61 Å². The number of esters is 1. The fraction of sp³-hybridized carbons (Fsp3) is 0.435. The van der Waals surface area contributed by atoms with Crippen molar-refractivity contribution in [2.75, 3.05) is 37.5 Å². The second kappa shape index (κ2) is 13.6. The van der Waals surface area contributed by atoms with Crippen LogP contribution >= 0.6 is 0 Å². The first-order valence-electron chi connectivity index (χ1n) is 11.2. The van der Waals surface area contributed by atoms with E-state index >= 15 is 0 Å². The number of nitrogen functional groups attached to an aromatic ring is 1. The van der Waals surface area contributed by atoms with Gasteiger partial charge in [-0.05, 0) is 42.7 Å². The van der Waals surface area contributed by atoms with Crippen LogP contribution in [0.4, 0.5) is 11.5 Å². The summed E-state index contributed by atoms with van der Waals surface area (Å²) in [4.78, 5) is 57.7. The van der Waals surface area contributed by atoms with Crippen LogP contribution in [0.2, 0.25) is 0 Å². The number of aromatic nitrogens is 2. The van der Waals surface area contributed by atoms with E-state index < -0.39 is 36.3 Å². The highest BCUT2D eigenvalue weighted by molar-refractivity contribution is 5.97. The molecular formula is C23H31N5O7. The molecule has 2 rings (SSSR count). The van der Waals surface area contributed by atoms with E-state index in [-0.39, 0.29) is 24.6 Å². The third kappa shape index (κ3) is 7.73. The number of unbranched alkanes of at least 4 members (excludes halogenated alkanes) is 1. The molecule has 0 aliphatic rings. The van der Waals surface area contributed by atoms with Crippen LogP contribution in [0.25, 0.3) is 0 Å². The normalized spacial score (nSPS) is 10.8. The zero-order valence-electron chi connectivity index (χ0n) is 20.1. The topological polar surface area (TPSA) is 158 Å². The maximum absolute atomic E-state index is 12.9. The van der Waals surface area contributed by atoms with Crippen LogP contribution in [0.15, 0.2) is 39.0 Å². The van der Waals surface area contributed by atoms with E-state index in [0.29, 0.717) is 18.6 Å². The maximum atomic E-state index is 12.9. The lowest BCUT2D eigenvalue weighted by atomic mass is 10.2. The summed E-state index contributed by atoms with van der Waals surface area (Å²) in [5.74, 6) is -0.907. The van der Waals surface area contributed by atoms with E-state index in [9.17, 15) is 19.2 Å². The molecule has 2 aromatic rings. The molecule has 190 valence electrons. The number of H-pyrrole nitrogens is 1. The molecule has 12 nitrogen and oxygen atoms in total. The van der Waals surface area contributed by atoms with Crippen LogP contribution in [0.5, 0.6) is 5.75 Å². The average molecular weight is 490 g/mol. The maximum Gasteiger partial charge on any atom is 0.347 e. The van der Waals surface area contributed by atoms with Crippen LogP contribution in [-0.4, -0.2) is 54.5 Å². The Morgan fingerprint density at radius 3 is 2.49 bits per heavy atom. The Hall–Kier alpha value is -4.09. The van der Waals surface area contributed by atoms with Gasteiger partial charge in [-0.2, -0.15) is 0 Å². The van der Waals surface area contributed by atoms with Crippen molar-refractivity contribution in [3.63, 3.8) is 0 Å². The van der Waals surface area contributed by atoms with Gasteiger partial charge in [0.1, 0.15) is 11.6 Å². The lowest BCUT2D eigenvalue weighted by molar-refractivity contribution is -0.152. The molecule has 0 fully saturated rings. The number of oxime groups is 1. The number of ether oxygens (including phenoxy) is 2. The third-order valence-electron chi connectivity index (χ3n) is 4.90. The molecule has 0 unspecified atom stereocenters. The molecular weight excluding hydrogens is 458 g/mol. The number of nitrogens with zero attached hydrogens (tertiary/aromatic N) is 3. The minimum absolute atomic E-state index is 0.118. The Kier molecular flexibility index (Phi) is 10.5. The molecule has 1 aromatic carbocycles. The van der Waals surface area contributed by atoms with Gasteiger partial charge in [-0.15, -0.1) is 0 Å². The molecule has 0 atom stereocenters. The average Bonchev–Trinajstić information content (AvgIpc) is 2.85. The van der Waals surface area contributed by atoms with Crippen molar-refractivity contribution in [3.05, 3.63) is 50.7 Å².